The smallest absolute Gasteiger partial charge is 0.110 e. The lowest BCUT2D eigenvalue weighted by molar-refractivity contribution is 0.0179. The third-order valence-corrected chi connectivity index (χ3v) is 1.93. The third-order valence-electron chi connectivity index (χ3n) is 1.93. The predicted molar refractivity (Wildman–Crippen MR) is 45.5 cm³/mol. The van der Waals surface area contributed by atoms with Crippen molar-refractivity contribution >= 4 is 0 Å². The summed E-state index contributed by atoms with van der Waals surface area (Å²) in [5.41, 5.74) is 10.5. The number of nitrogens with two attached hydrogens (primary N) is 2. The molecule has 6 N–H and O–H groups in total. The molecule has 1 aliphatic heterocycles. The molecule has 0 aromatic rings. The first-order valence-electron chi connectivity index (χ1n) is 3.62. The second kappa shape index (κ2) is 4.74. The van der Waals surface area contributed by atoms with Crippen LogP contribution in [0.2, 0.25) is 0 Å². The minimum Gasteiger partial charge on any atom is -0.388 e. The Bertz CT molecular complexity index is 116. The highest BCUT2D eigenvalue weighted by Crippen LogP contribution is 2.19. The lowest BCUT2D eigenvalue weighted by Crippen LogP contribution is -2.37. The van der Waals surface area contributed by atoms with Crippen molar-refractivity contribution in [1.29, 1.82) is 0 Å². The zero-order valence-corrected chi connectivity index (χ0v) is 6.18. The molecule has 4 atom stereocenters. The predicted octanol–water partition coefficient (Wildman–Crippen LogP) is -1.97. The van der Waals surface area contributed by atoms with E-state index in [1.54, 1.807) is 0 Å². The second-order valence-electron chi connectivity index (χ2n) is 2.67. The van der Waals surface area contributed by atoms with Gasteiger partial charge < -0.3 is 26.4 Å². The standard InChI is InChI=1S/C6H14N2O3.CH4/c7-1-3-5(9)6(10)4(2-8)11-3;/h3-6,9-10H,1-2,7-8H2;1H4/t3-,4-,5-,6-;/m1./s1. The van der Waals surface area contributed by atoms with Gasteiger partial charge in [0.25, 0.3) is 0 Å². The fraction of sp³-hybridized carbons (Fsp3) is 1.00. The average Bonchev–Trinajstić information content (AvgIpc) is 2.30. The molecule has 0 unspecified atom stereocenters. The first kappa shape index (κ1) is 11.8. The Morgan fingerprint density at radius 1 is 1.00 bits per heavy atom. The van der Waals surface area contributed by atoms with Crippen LogP contribution in [0.3, 0.4) is 0 Å². The molecule has 0 spiro atoms. The van der Waals surface area contributed by atoms with E-state index in [0.717, 1.165) is 0 Å². The molecule has 1 rings (SSSR count). The maximum atomic E-state index is 9.25. The zero-order valence-electron chi connectivity index (χ0n) is 6.18. The van der Waals surface area contributed by atoms with Gasteiger partial charge in [0.05, 0.1) is 12.2 Å². The number of hydrogen-bond acceptors (Lipinski definition) is 5. The molecule has 12 heavy (non-hydrogen) atoms. The molecule has 0 aliphatic carbocycles. The Balaban J connectivity index is 0.00000121. The molecular formula is C7H18N2O3. The molecule has 0 radical (unpaired) electrons. The van der Waals surface area contributed by atoms with Crippen molar-refractivity contribution in [3.05, 3.63) is 0 Å². The minimum atomic E-state index is -0.895. The van der Waals surface area contributed by atoms with E-state index in [9.17, 15) is 10.2 Å². The van der Waals surface area contributed by atoms with Gasteiger partial charge in [-0.1, -0.05) is 7.43 Å². The van der Waals surface area contributed by atoms with Gasteiger partial charge in [-0.05, 0) is 0 Å². The summed E-state index contributed by atoms with van der Waals surface area (Å²) in [5, 5.41) is 18.5. The average molecular weight is 178 g/mol. The number of aliphatic hydroxyl groups is 2. The summed E-state index contributed by atoms with van der Waals surface area (Å²) in [4.78, 5) is 0. The van der Waals surface area contributed by atoms with Gasteiger partial charge in [-0.3, -0.25) is 0 Å². The summed E-state index contributed by atoms with van der Waals surface area (Å²) in [6, 6.07) is 0. The van der Waals surface area contributed by atoms with Crippen LogP contribution in [0.25, 0.3) is 0 Å². The van der Waals surface area contributed by atoms with Crippen molar-refractivity contribution in [2.24, 2.45) is 11.5 Å². The minimum absolute atomic E-state index is 0. The van der Waals surface area contributed by atoms with E-state index in [1.165, 1.54) is 0 Å². The van der Waals surface area contributed by atoms with E-state index in [2.05, 4.69) is 0 Å². The van der Waals surface area contributed by atoms with Crippen molar-refractivity contribution in [1.82, 2.24) is 0 Å². The number of hydrogen-bond donors (Lipinski definition) is 4. The molecule has 1 heterocycles. The maximum Gasteiger partial charge on any atom is 0.110 e. The van der Waals surface area contributed by atoms with E-state index >= 15 is 0 Å². The molecule has 1 saturated heterocycles. The molecule has 5 nitrogen and oxygen atoms in total. The van der Waals surface area contributed by atoms with Gasteiger partial charge in [-0.15, -0.1) is 0 Å². The fourth-order valence-corrected chi connectivity index (χ4v) is 1.22. The lowest BCUT2D eigenvalue weighted by atomic mass is 10.1. The van der Waals surface area contributed by atoms with Gasteiger partial charge in [0, 0.05) is 13.1 Å². The van der Waals surface area contributed by atoms with Crippen LogP contribution in [0.1, 0.15) is 7.43 Å². The van der Waals surface area contributed by atoms with Gasteiger partial charge in [0.15, 0.2) is 0 Å². The second-order valence-corrected chi connectivity index (χ2v) is 2.67. The largest absolute Gasteiger partial charge is 0.388 e. The topological polar surface area (TPSA) is 102 Å². The quantitative estimate of drug-likeness (QED) is 0.393. The first-order chi connectivity index (χ1) is 5.20. The Kier molecular flexibility index (Phi) is 4.66. The molecule has 0 saturated carbocycles. The van der Waals surface area contributed by atoms with Crippen LogP contribution in [0.5, 0.6) is 0 Å². The van der Waals surface area contributed by atoms with Crippen LogP contribution in [0.4, 0.5) is 0 Å². The van der Waals surface area contributed by atoms with Crippen molar-refractivity contribution in [3.8, 4) is 0 Å². The molecule has 0 aromatic carbocycles. The third kappa shape index (κ3) is 1.94. The van der Waals surface area contributed by atoms with Crippen LogP contribution < -0.4 is 11.5 Å². The molecule has 5 heteroatoms. The van der Waals surface area contributed by atoms with Crippen molar-refractivity contribution < 1.29 is 14.9 Å². The highest BCUT2D eigenvalue weighted by atomic mass is 16.5. The van der Waals surface area contributed by atoms with Gasteiger partial charge in [-0.25, -0.2) is 0 Å². The summed E-state index contributed by atoms with van der Waals surface area (Å²) in [6.07, 6.45) is -2.74. The van der Waals surface area contributed by atoms with E-state index < -0.39 is 24.4 Å². The molecular weight excluding hydrogens is 160 g/mol. The fourth-order valence-electron chi connectivity index (χ4n) is 1.22. The van der Waals surface area contributed by atoms with E-state index in [-0.39, 0.29) is 20.5 Å². The summed E-state index contributed by atoms with van der Waals surface area (Å²) < 4.78 is 5.13. The molecule has 0 bridgehead atoms. The molecule has 1 aliphatic rings. The first-order valence-corrected chi connectivity index (χ1v) is 3.62. The number of ether oxygens (including phenoxy) is 1. The highest BCUT2D eigenvalue weighted by molar-refractivity contribution is 4.91. The molecule has 0 amide bonds. The summed E-state index contributed by atoms with van der Waals surface area (Å²) >= 11 is 0. The Labute approximate surface area is 72.3 Å². The van der Waals surface area contributed by atoms with Gasteiger partial charge >= 0.3 is 0 Å². The lowest BCUT2D eigenvalue weighted by Gasteiger charge is -2.11. The normalized spacial score (nSPS) is 41.0. The van der Waals surface area contributed by atoms with E-state index in [4.69, 9.17) is 16.2 Å². The van der Waals surface area contributed by atoms with Gasteiger partial charge in [0.1, 0.15) is 12.2 Å². The summed E-state index contributed by atoms with van der Waals surface area (Å²) in [7, 11) is 0. The summed E-state index contributed by atoms with van der Waals surface area (Å²) in [5.74, 6) is 0. The Hall–Kier alpha value is -0.200. The monoisotopic (exact) mass is 178 g/mol. The van der Waals surface area contributed by atoms with Crippen LogP contribution in [-0.4, -0.2) is 47.7 Å². The van der Waals surface area contributed by atoms with Crippen molar-refractivity contribution in [3.63, 3.8) is 0 Å². The van der Waals surface area contributed by atoms with E-state index in [1.807, 2.05) is 0 Å². The van der Waals surface area contributed by atoms with E-state index in [0.29, 0.717) is 0 Å². The number of aliphatic hydroxyl groups excluding tert-OH is 2. The Morgan fingerprint density at radius 2 is 1.33 bits per heavy atom. The number of rotatable bonds is 2. The highest BCUT2D eigenvalue weighted by Gasteiger charge is 2.40. The zero-order chi connectivity index (χ0) is 8.43. The van der Waals surface area contributed by atoms with Gasteiger partial charge in [0.2, 0.25) is 0 Å². The molecule has 0 aromatic heterocycles. The SMILES string of the molecule is C.NC[C@H]1O[C@H](CN)[C@@H](O)[C@@H]1O. The maximum absolute atomic E-state index is 9.25. The van der Waals surface area contributed by atoms with Crippen LogP contribution in [0.15, 0.2) is 0 Å². The molecule has 1 fully saturated rings. The van der Waals surface area contributed by atoms with Gasteiger partial charge in [-0.2, -0.15) is 0 Å². The summed E-state index contributed by atoms with van der Waals surface area (Å²) in [6.45, 7) is 0.406. The van der Waals surface area contributed by atoms with Crippen LogP contribution in [0, 0.1) is 0 Å². The Morgan fingerprint density at radius 3 is 1.50 bits per heavy atom. The van der Waals surface area contributed by atoms with Crippen LogP contribution >= 0.6 is 0 Å². The van der Waals surface area contributed by atoms with Crippen LogP contribution in [-0.2, 0) is 4.74 Å². The van der Waals surface area contributed by atoms with Crippen molar-refractivity contribution in [2.45, 2.75) is 31.8 Å². The molecule has 74 valence electrons. The van der Waals surface area contributed by atoms with Crippen molar-refractivity contribution in [2.75, 3.05) is 13.1 Å².